The third-order valence-corrected chi connectivity index (χ3v) is 7.11. The molecule has 0 aliphatic rings. The summed E-state index contributed by atoms with van der Waals surface area (Å²) in [4.78, 5) is 17.9. The summed E-state index contributed by atoms with van der Waals surface area (Å²) in [6, 6.07) is 15.0. The molecule has 0 aliphatic carbocycles. The zero-order valence-corrected chi connectivity index (χ0v) is 24.4. The third-order valence-electron chi connectivity index (χ3n) is 7.11. The van der Waals surface area contributed by atoms with Crippen molar-refractivity contribution in [3.05, 3.63) is 107 Å². The topological polar surface area (TPSA) is 51.7 Å². The first-order valence-electron chi connectivity index (χ1n) is 13.5. The Morgan fingerprint density at radius 1 is 0.773 bits per heavy atom. The molecule has 0 spiro atoms. The van der Waals surface area contributed by atoms with Crippen molar-refractivity contribution in [3.8, 4) is 28.0 Å². The molecule has 1 heterocycles. The average molecular weight is 617 g/mol. The lowest BCUT2D eigenvalue weighted by atomic mass is 9.92. The minimum Gasteiger partial charge on any atom is -0.496 e. The standard InChI is InChI=1S/C33H30F6N2O3/c1-20(2)23-5-8-30(43-3)29(17-23)28-7-6-26(32(34,35)36)16-25(28)19-41(31(42)44-4)18-21-13-24(22-9-11-40-12-10-22)15-27(14-21)33(37,38)39/h5-17,20H,18-19H2,1-4H3. The Balaban J connectivity index is 1.85. The smallest absolute Gasteiger partial charge is 0.416 e. The Kier molecular flexibility index (Phi) is 9.56. The summed E-state index contributed by atoms with van der Waals surface area (Å²) in [6.07, 6.45) is -7.44. The molecule has 4 aromatic rings. The van der Waals surface area contributed by atoms with Crippen molar-refractivity contribution in [2.24, 2.45) is 0 Å². The lowest BCUT2D eigenvalue weighted by Gasteiger charge is -2.25. The fourth-order valence-corrected chi connectivity index (χ4v) is 4.86. The number of pyridine rings is 1. The van der Waals surface area contributed by atoms with E-state index in [1.54, 1.807) is 18.2 Å². The first-order valence-corrected chi connectivity index (χ1v) is 13.5. The minimum atomic E-state index is -4.69. The third kappa shape index (κ3) is 7.50. The number of carbonyl (C=O) groups excluding carboxylic acids is 1. The Hall–Kier alpha value is -4.54. The van der Waals surface area contributed by atoms with Crippen LogP contribution in [0.3, 0.4) is 0 Å². The highest BCUT2D eigenvalue weighted by Crippen LogP contribution is 2.39. The van der Waals surface area contributed by atoms with Gasteiger partial charge in [0.15, 0.2) is 0 Å². The predicted octanol–water partition coefficient (Wildman–Crippen LogP) is 9.35. The summed E-state index contributed by atoms with van der Waals surface area (Å²) < 4.78 is 93.7. The zero-order chi connectivity index (χ0) is 32.2. The van der Waals surface area contributed by atoms with Gasteiger partial charge >= 0.3 is 18.4 Å². The van der Waals surface area contributed by atoms with Gasteiger partial charge in [0.2, 0.25) is 0 Å². The fourth-order valence-electron chi connectivity index (χ4n) is 4.86. The molecule has 11 heteroatoms. The van der Waals surface area contributed by atoms with Crippen LogP contribution in [0.4, 0.5) is 31.1 Å². The van der Waals surface area contributed by atoms with Crippen LogP contribution in [0, 0.1) is 0 Å². The first kappa shape index (κ1) is 32.4. The molecule has 1 amide bonds. The summed E-state index contributed by atoms with van der Waals surface area (Å²) in [5.41, 5.74) is 0.797. The normalized spacial score (nSPS) is 11.9. The Morgan fingerprint density at radius 2 is 1.45 bits per heavy atom. The number of methoxy groups -OCH3 is 2. The highest BCUT2D eigenvalue weighted by molar-refractivity contribution is 5.76. The summed E-state index contributed by atoms with van der Waals surface area (Å²) >= 11 is 0. The van der Waals surface area contributed by atoms with Crippen LogP contribution in [-0.2, 0) is 30.2 Å². The van der Waals surface area contributed by atoms with Gasteiger partial charge < -0.3 is 9.47 Å². The van der Waals surface area contributed by atoms with E-state index in [2.05, 4.69) is 4.98 Å². The molecule has 232 valence electrons. The SMILES string of the molecule is COC(=O)N(Cc1cc(-c2ccncc2)cc(C(F)(F)F)c1)Cc1cc(C(F)(F)F)ccc1-c1cc(C(C)C)ccc1OC. The van der Waals surface area contributed by atoms with Crippen LogP contribution >= 0.6 is 0 Å². The van der Waals surface area contributed by atoms with E-state index in [4.69, 9.17) is 9.47 Å². The van der Waals surface area contributed by atoms with E-state index in [1.165, 1.54) is 31.6 Å². The second kappa shape index (κ2) is 13.0. The molecule has 0 N–H and O–H groups in total. The van der Waals surface area contributed by atoms with E-state index in [1.807, 2.05) is 26.0 Å². The molecule has 0 saturated heterocycles. The first-order chi connectivity index (χ1) is 20.7. The van der Waals surface area contributed by atoms with Gasteiger partial charge in [0.1, 0.15) is 5.75 Å². The van der Waals surface area contributed by atoms with Crippen LogP contribution in [0.5, 0.6) is 5.75 Å². The molecular formula is C33H30F6N2O3. The molecule has 0 radical (unpaired) electrons. The number of ether oxygens (including phenoxy) is 2. The number of amides is 1. The summed E-state index contributed by atoms with van der Waals surface area (Å²) in [7, 11) is 2.53. The van der Waals surface area contributed by atoms with Gasteiger partial charge in [0, 0.05) is 31.0 Å². The van der Waals surface area contributed by atoms with E-state index in [0.29, 0.717) is 22.4 Å². The van der Waals surface area contributed by atoms with Crippen LogP contribution in [0.25, 0.3) is 22.3 Å². The van der Waals surface area contributed by atoms with Crippen molar-refractivity contribution in [2.75, 3.05) is 14.2 Å². The molecule has 4 rings (SSSR count). The molecule has 0 unspecified atom stereocenters. The predicted molar refractivity (Wildman–Crippen MR) is 154 cm³/mol. The summed E-state index contributed by atoms with van der Waals surface area (Å²) in [6.45, 7) is 3.15. The molecule has 0 aliphatic heterocycles. The van der Waals surface area contributed by atoms with Gasteiger partial charge in [-0.05, 0) is 93.9 Å². The van der Waals surface area contributed by atoms with Crippen molar-refractivity contribution in [1.29, 1.82) is 0 Å². The van der Waals surface area contributed by atoms with E-state index < -0.39 is 36.1 Å². The number of aromatic nitrogens is 1. The summed E-state index contributed by atoms with van der Waals surface area (Å²) in [5.74, 6) is 0.500. The number of carbonyl (C=O) groups is 1. The number of nitrogens with zero attached hydrogens (tertiary/aromatic N) is 2. The molecule has 0 saturated carbocycles. The molecule has 1 aromatic heterocycles. The van der Waals surface area contributed by atoms with Gasteiger partial charge in [0.05, 0.1) is 25.3 Å². The Bertz CT molecular complexity index is 1620. The second-order valence-electron chi connectivity index (χ2n) is 10.5. The van der Waals surface area contributed by atoms with Gasteiger partial charge in [-0.3, -0.25) is 9.88 Å². The molecule has 0 fully saturated rings. The average Bonchev–Trinajstić information content (AvgIpc) is 2.99. The van der Waals surface area contributed by atoms with Gasteiger partial charge in [-0.25, -0.2) is 4.79 Å². The lowest BCUT2D eigenvalue weighted by molar-refractivity contribution is -0.138. The number of halogens is 6. The van der Waals surface area contributed by atoms with Crippen LogP contribution in [0.15, 0.2) is 79.1 Å². The number of hydrogen-bond acceptors (Lipinski definition) is 4. The minimum absolute atomic E-state index is 0.0969. The van der Waals surface area contributed by atoms with Crippen LogP contribution < -0.4 is 4.74 Å². The Labute approximate surface area is 251 Å². The number of rotatable bonds is 8. The molecule has 5 nitrogen and oxygen atoms in total. The molecular weight excluding hydrogens is 586 g/mol. The van der Waals surface area contributed by atoms with Crippen LogP contribution in [0.1, 0.15) is 47.6 Å². The van der Waals surface area contributed by atoms with E-state index in [0.717, 1.165) is 41.8 Å². The van der Waals surface area contributed by atoms with Gasteiger partial charge in [-0.15, -0.1) is 0 Å². The maximum Gasteiger partial charge on any atom is 0.416 e. The van der Waals surface area contributed by atoms with Crippen molar-refractivity contribution in [1.82, 2.24) is 9.88 Å². The van der Waals surface area contributed by atoms with E-state index in [9.17, 15) is 31.1 Å². The molecule has 3 aromatic carbocycles. The van der Waals surface area contributed by atoms with Crippen molar-refractivity contribution in [3.63, 3.8) is 0 Å². The molecule has 0 bridgehead atoms. The maximum absolute atomic E-state index is 13.9. The van der Waals surface area contributed by atoms with Gasteiger partial charge in [0.25, 0.3) is 0 Å². The zero-order valence-electron chi connectivity index (χ0n) is 24.4. The van der Waals surface area contributed by atoms with Crippen molar-refractivity contribution in [2.45, 2.75) is 45.2 Å². The maximum atomic E-state index is 13.9. The lowest BCUT2D eigenvalue weighted by Crippen LogP contribution is -2.30. The van der Waals surface area contributed by atoms with E-state index >= 15 is 0 Å². The molecule has 44 heavy (non-hydrogen) atoms. The fraction of sp³-hybridized carbons (Fsp3) is 0.273. The largest absolute Gasteiger partial charge is 0.496 e. The van der Waals surface area contributed by atoms with Gasteiger partial charge in [-0.2, -0.15) is 26.3 Å². The number of benzene rings is 3. The van der Waals surface area contributed by atoms with E-state index in [-0.39, 0.29) is 29.2 Å². The monoisotopic (exact) mass is 616 g/mol. The van der Waals surface area contributed by atoms with Crippen molar-refractivity contribution >= 4 is 6.09 Å². The van der Waals surface area contributed by atoms with Crippen LogP contribution in [0.2, 0.25) is 0 Å². The second-order valence-corrected chi connectivity index (χ2v) is 10.5. The highest BCUT2D eigenvalue weighted by atomic mass is 19.4. The van der Waals surface area contributed by atoms with Gasteiger partial charge in [-0.1, -0.05) is 26.0 Å². The number of alkyl halides is 6. The number of hydrogen-bond donors (Lipinski definition) is 0. The summed E-state index contributed by atoms with van der Waals surface area (Å²) in [5, 5.41) is 0. The quantitative estimate of drug-likeness (QED) is 0.185. The van der Waals surface area contributed by atoms with Crippen molar-refractivity contribution < 1.29 is 40.6 Å². The molecule has 0 atom stereocenters. The Morgan fingerprint density at radius 3 is 2.05 bits per heavy atom. The van der Waals surface area contributed by atoms with Crippen LogP contribution in [-0.4, -0.2) is 30.2 Å². The highest BCUT2D eigenvalue weighted by Gasteiger charge is 2.33.